The quantitative estimate of drug-likeness (QED) is 0.582. The average Bonchev–Trinajstić information content (AvgIpc) is 2.97. The molecule has 9 heteroatoms. The van der Waals surface area contributed by atoms with Crippen LogP contribution < -0.4 is 0 Å². The van der Waals surface area contributed by atoms with Crippen molar-refractivity contribution in [1.82, 2.24) is 14.9 Å². The molecule has 5 nitrogen and oxygen atoms in total. The molecule has 0 saturated heterocycles. The molecule has 3 aromatic rings. The lowest BCUT2D eigenvalue weighted by molar-refractivity contribution is 0.153. The number of carboxylic acid groups (broad SMARTS) is 1. The van der Waals surface area contributed by atoms with Crippen molar-refractivity contribution in [3.63, 3.8) is 0 Å². The Balaban J connectivity index is 2.01. The van der Waals surface area contributed by atoms with Crippen LogP contribution in [0, 0.1) is 5.95 Å². The van der Waals surface area contributed by atoms with Crippen molar-refractivity contribution in [3.05, 3.63) is 58.6 Å². The minimum atomic E-state index is -1.06. The first-order chi connectivity index (χ1) is 12.4. The van der Waals surface area contributed by atoms with Crippen LogP contribution in [0.5, 0.6) is 0 Å². The van der Waals surface area contributed by atoms with Gasteiger partial charge in [-0.1, -0.05) is 29.4 Å². The predicted molar refractivity (Wildman–Crippen MR) is 100 cm³/mol. The molecule has 1 aromatic carbocycles. The van der Waals surface area contributed by atoms with Crippen molar-refractivity contribution in [1.29, 1.82) is 0 Å². The van der Waals surface area contributed by atoms with Gasteiger partial charge in [0.1, 0.15) is 10.7 Å². The second-order valence-corrected chi connectivity index (χ2v) is 8.15. The Morgan fingerprint density at radius 2 is 2.19 bits per heavy atom. The number of rotatable bonds is 5. The number of aromatic nitrogens is 2. The smallest absolute Gasteiger partial charge is 0.407 e. The number of thiazole rings is 1. The lowest BCUT2D eigenvalue weighted by atomic mass is 10.2. The van der Waals surface area contributed by atoms with Crippen LogP contribution in [0.25, 0.3) is 11.3 Å². The van der Waals surface area contributed by atoms with Crippen molar-refractivity contribution >= 4 is 40.8 Å². The highest BCUT2D eigenvalue weighted by Gasteiger charge is 2.19. The minimum absolute atomic E-state index is 0.116. The molecule has 0 aliphatic rings. The zero-order valence-corrected chi connectivity index (χ0v) is 15.9. The fourth-order valence-corrected chi connectivity index (χ4v) is 4.79. The molecule has 1 N–H and O–H groups in total. The SMILES string of the molecule is CN(Cc1nc(-c2cccnc2F)c(Sc2cccc(Cl)c2)s1)C(=O)O. The van der Waals surface area contributed by atoms with E-state index < -0.39 is 12.0 Å². The predicted octanol–water partition coefficient (Wildman–Crippen LogP) is 5.26. The van der Waals surface area contributed by atoms with E-state index in [9.17, 15) is 9.18 Å². The van der Waals surface area contributed by atoms with Crippen LogP contribution >= 0.6 is 34.7 Å². The van der Waals surface area contributed by atoms with Crippen molar-refractivity contribution in [2.24, 2.45) is 0 Å². The maximum atomic E-state index is 14.2. The van der Waals surface area contributed by atoms with E-state index in [0.29, 0.717) is 15.7 Å². The first-order valence-corrected chi connectivity index (χ1v) is 9.43. The Hall–Kier alpha value is -2.16. The van der Waals surface area contributed by atoms with Crippen molar-refractivity contribution < 1.29 is 14.3 Å². The molecule has 0 aliphatic carbocycles. The molecule has 2 heterocycles. The van der Waals surface area contributed by atoms with Gasteiger partial charge < -0.3 is 10.0 Å². The van der Waals surface area contributed by atoms with E-state index in [1.807, 2.05) is 12.1 Å². The molecule has 0 fully saturated rings. The topological polar surface area (TPSA) is 66.3 Å². The molecule has 134 valence electrons. The summed E-state index contributed by atoms with van der Waals surface area (Å²) in [6, 6.07) is 10.5. The first-order valence-electron chi connectivity index (χ1n) is 7.42. The van der Waals surface area contributed by atoms with Crippen LogP contribution in [0.2, 0.25) is 5.02 Å². The molecule has 0 saturated carbocycles. The van der Waals surface area contributed by atoms with E-state index in [1.165, 1.54) is 36.3 Å². The molecule has 2 aromatic heterocycles. The second-order valence-electron chi connectivity index (χ2n) is 5.28. The highest BCUT2D eigenvalue weighted by molar-refractivity contribution is 8.01. The third-order valence-electron chi connectivity index (χ3n) is 3.36. The van der Waals surface area contributed by atoms with Gasteiger partial charge in [-0.15, -0.1) is 11.3 Å². The maximum absolute atomic E-state index is 14.2. The van der Waals surface area contributed by atoms with Gasteiger partial charge >= 0.3 is 6.09 Å². The third kappa shape index (κ3) is 4.32. The van der Waals surface area contributed by atoms with Crippen LogP contribution in [0.3, 0.4) is 0 Å². The second kappa shape index (κ2) is 8.03. The van der Waals surface area contributed by atoms with E-state index in [1.54, 1.807) is 24.3 Å². The van der Waals surface area contributed by atoms with Crippen LogP contribution in [-0.4, -0.2) is 33.1 Å². The molecule has 0 bridgehead atoms. The average molecular weight is 410 g/mol. The number of hydrogen-bond acceptors (Lipinski definition) is 5. The van der Waals surface area contributed by atoms with Crippen molar-refractivity contribution in [2.45, 2.75) is 15.6 Å². The summed E-state index contributed by atoms with van der Waals surface area (Å²) in [6.45, 7) is 0.116. The number of pyridine rings is 1. The number of halogens is 2. The molecule has 0 unspecified atom stereocenters. The van der Waals surface area contributed by atoms with Crippen molar-refractivity contribution in [2.75, 3.05) is 7.05 Å². The molecule has 0 atom stereocenters. The molecule has 1 amide bonds. The summed E-state index contributed by atoms with van der Waals surface area (Å²) >= 11 is 8.75. The van der Waals surface area contributed by atoms with Gasteiger partial charge in [0, 0.05) is 23.2 Å². The minimum Gasteiger partial charge on any atom is -0.465 e. The summed E-state index contributed by atoms with van der Waals surface area (Å²) in [7, 11) is 1.46. The zero-order valence-electron chi connectivity index (χ0n) is 13.5. The number of carbonyl (C=O) groups is 1. The lowest BCUT2D eigenvalue weighted by Crippen LogP contribution is -2.23. The summed E-state index contributed by atoms with van der Waals surface area (Å²) in [6.07, 6.45) is 0.312. The van der Waals surface area contributed by atoms with Gasteiger partial charge in [0.2, 0.25) is 5.95 Å². The van der Waals surface area contributed by atoms with Gasteiger partial charge in [-0.3, -0.25) is 0 Å². The van der Waals surface area contributed by atoms with Crippen LogP contribution in [-0.2, 0) is 6.54 Å². The van der Waals surface area contributed by atoms with E-state index >= 15 is 0 Å². The van der Waals surface area contributed by atoms with E-state index in [-0.39, 0.29) is 12.1 Å². The zero-order chi connectivity index (χ0) is 18.7. The Morgan fingerprint density at radius 3 is 2.88 bits per heavy atom. The Labute approximate surface area is 162 Å². The highest BCUT2D eigenvalue weighted by atomic mass is 35.5. The molecular weight excluding hydrogens is 397 g/mol. The molecule has 3 rings (SSSR count). The monoisotopic (exact) mass is 409 g/mol. The fourth-order valence-electron chi connectivity index (χ4n) is 2.13. The van der Waals surface area contributed by atoms with E-state index in [2.05, 4.69) is 9.97 Å². The Bertz CT molecular complexity index is 951. The number of benzene rings is 1. The van der Waals surface area contributed by atoms with Gasteiger partial charge in [-0.25, -0.2) is 14.8 Å². The van der Waals surface area contributed by atoms with Crippen LogP contribution in [0.15, 0.2) is 51.7 Å². The summed E-state index contributed by atoms with van der Waals surface area (Å²) < 4.78 is 14.9. The van der Waals surface area contributed by atoms with Crippen molar-refractivity contribution in [3.8, 4) is 11.3 Å². The summed E-state index contributed by atoms with van der Waals surface area (Å²) in [4.78, 5) is 21.2. The Kier molecular flexibility index (Phi) is 5.75. The van der Waals surface area contributed by atoms with E-state index in [4.69, 9.17) is 16.7 Å². The normalized spacial score (nSPS) is 10.7. The van der Waals surface area contributed by atoms with Gasteiger partial charge in [-0.2, -0.15) is 4.39 Å². The summed E-state index contributed by atoms with van der Waals surface area (Å²) in [5.74, 6) is -0.621. The molecule has 26 heavy (non-hydrogen) atoms. The molecular formula is C17H13ClFN3O2S2. The molecule has 0 spiro atoms. The largest absolute Gasteiger partial charge is 0.465 e. The van der Waals surface area contributed by atoms with Crippen LogP contribution in [0.1, 0.15) is 5.01 Å². The van der Waals surface area contributed by atoms with Gasteiger partial charge in [0.15, 0.2) is 0 Å². The van der Waals surface area contributed by atoms with E-state index in [0.717, 1.165) is 14.0 Å². The number of amides is 1. The van der Waals surface area contributed by atoms with Gasteiger partial charge in [-0.05, 0) is 30.3 Å². The summed E-state index contributed by atoms with van der Waals surface area (Å²) in [5, 5.41) is 10.2. The Morgan fingerprint density at radius 1 is 1.38 bits per heavy atom. The summed E-state index contributed by atoms with van der Waals surface area (Å²) in [5.41, 5.74) is 0.719. The first kappa shape index (κ1) is 18.6. The highest BCUT2D eigenvalue weighted by Crippen LogP contribution is 2.41. The number of hydrogen-bond donors (Lipinski definition) is 1. The maximum Gasteiger partial charge on any atom is 0.407 e. The van der Waals surface area contributed by atoms with Gasteiger partial charge in [0.05, 0.1) is 16.3 Å². The third-order valence-corrected chi connectivity index (χ3v) is 5.80. The van der Waals surface area contributed by atoms with Crippen LogP contribution in [0.4, 0.5) is 9.18 Å². The molecule has 0 aliphatic heterocycles. The number of nitrogens with zero attached hydrogens (tertiary/aromatic N) is 3. The fraction of sp³-hybridized carbons (Fsp3) is 0.118. The van der Waals surface area contributed by atoms with Gasteiger partial charge in [0.25, 0.3) is 0 Å². The molecule has 0 radical (unpaired) electrons. The standard InChI is InChI=1S/C17H13ClFN3O2S2/c1-22(17(23)24)9-13-21-14(12-6-3-7-20-15(12)19)16(26-13)25-11-5-2-4-10(18)8-11/h2-8H,9H2,1H3,(H,23,24). The lowest BCUT2D eigenvalue weighted by Gasteiger charge is -2.09.